The molecule has 2 aromatic carbocycles. The molecule has 0 radical (unpaired) electrons. The summed E-state index contributed by atoms with van der Waals surface area (Å²) in [5.74, 6) is 0.413. The summed E-state index contributed by atoms with van der Waals surface area (Å²) < 4.78 is 0. The molecule has 0 aromatic heterocycles. The first-order valence-electron chi connectivity index (χ1n) is 8.41. The lowest BCUT2D eigenvalue weighted by molar-refractivity contribution is 0.454. The van der Waals surface area contributed by atoms with Gasteiger partial charge < -0.3 is 10.2 Å². The Balaban J connectivity index is 2.64. The molecule has 0 amide bonds. The van der Waals surface area contributed by atoms with E-state index in [0.717, 1.165) is 16.7 Å². The molecule has 0 aliphatic heterocycles. The zero-order chi connectivity index (χ0) is 19.2. The van der Waals surface area contributed by atoms with Crippen molar-refractivity contribution in [1.82, 2.24) is 0 Å². The van der Waals surface area contributed by atoms with Crippen LogP contribution in [0.3, 0.4) is 0 Å². The van der Waals surface area contributed by atoms with Gasteiger partial charge in [-0.15, -0.1) is 0 Å². The van der Waals surface area contributed by atoms with E-state index in [4.69, 9.17) is 11.2 Å². The molecule has 2 nitrogen and oxygen atoms in total. The lowest BCUT2D eigenvalue weighted by Crippen LogP contribution is -2.13. The maximum Gasteiger partial charge on any atom is 0.132 e. The number of rotatable bonds is 2. The Morgan fingerprint density at radius 1 is 0.800 bits per heavy atom. The second-order valence-corrected chi connectivity index (χ2v) is 11.0. The highest BCUT2D eigenvalue weighted by Crippen LogP contribution is 2.37. The average molecular weight is 377 g/mol. The Hall–Kier alpha value is -1.39. The van der Waals surface area contributed by atoms with Gasteiger partial charge in [-0.1, -0.05) is 63.1 Å². The number of aromatic hydroxyl groups is 2. The third-order valence-corrected chi connectivity index (χ3v) is 6.87. The number of phenols is 2. The van der Waals surface area contributed by atoms with Crippen molar-refractivity contribution < 1.29 is 10.2 Å². The molecule has 0 saturated heterocycles. The summed E-state index contributed by atoms with van der Waals surface area (Å²) in [5, 5.41) is 21.0. The van der Waals surface area contributed by atoms with Crippen molar-refractivity contribution in [3.05, 3.63) is 47.0 Å². The Morgan fingerprint density at radius 2 is 1.32 bits per heavy atom. The SMILES string of the molecule is Cc1cc(C(C)(C)C)cc(S(=S)c2cc(C(C)(C)C)ccc2O)c1O. The van der Waals surface area contributed by atoms with Crippen LogP contribution in [0.4, 0.5) is 0 Å². The van der Waals surface area contributed by atoms with E-state index in [1.54, 1.807) is 6.07 Å². The number of hydrogen-bond acceptors (Lipinski definition) is 3. The largest absolute Gasteiger partial charge is 0.507 e. The molecule has 2 aromatic rings. The predicted octanol–water partition coefficient (Wildman–Crippen LogP) is 5.50. The zero-order valence-electron chi connectivity index (χ0n) is 16.1. The first kappa shape index (κ1) is 19.9. The minimum atomic E-state index is -0.837. The number of phenolic OH excluding ortho intramolecular Hbond substituents is 2. The topological polar surface area (TPSA) is 40.5 Å². The van der Waals surface area contributed by atoms with Crippen molar-refractivity contribution in [2.45, 2.75) is 69.1 Å². The fourth-order valence-electron chi connectivity index (χ4n) is 2.57. The lowest BCUT2D eigenvalue weighted by Gasteiger charge is -2.23. The molecule has 1 unspecified atom stereocenters. The van der Waals surface area contributed by atoms with Crippen molar-refractivity contribution >= 4 is 20.6 Å². The zero-order valence-corrected chi connectivity index (χ0v) is 17.7. The molecule has 0 heterocycles. The highest BCUT2D eigenvalue weighted by Gasteiger charge is 2.22. The third kappa shape index (κ3) is 4.24. The summed E-state index contributed by atoms with van der Waals surface area (Å²) in [6, 6.07) is 9.62. The van der Waals surface area contributed by atoms with Gasteiger partial charge in [0.15, 0.2) is 0 Å². The van der Waals surface area contributed by atoms with E-state index in [-0.39, 0.29) is 22.3 Å². The molecule has 0 aliphatic carbocycles. The average Bonchev–Trinajstić information content (AvgIpc) is 2.47. The highest BCUT2D eigenvalue weighted by molar-refractivity contribution is 8.29. The van der Waals surface area contributed by atoms with Crippen LogP contribution in [-0.2, 0) is 31.5 Å². The summed E-state index contributed by atoms with van der Waals surface area (Å²) in [7, 11) is -0.837. The smallest absolute Gasteiger partial charge is 0.132 e. The third-order valence-electron chi connectivity index (χ3n) is 4.36. The molecule has 4 heteroatoms. The van der Waals surface area contributed by atoms with E-state index in [0.29, 0.717) is 9.79 Å². The van der Waals surface area contributed by atoms with Crippen LogP contribution in [0.5, 0.6) is 11.5 Å². The van der Waals surface area contributed by atoms with E-state index < -0.39 is 9.45 Å². The van der Waals surface area contributed by atoms with Gasteiger partial charge in [-0.3, -0.25) is 0 Å². The van der Waals surface area contributed by atoms with Crippen LogP contribution in [0, 0.1) is 6.92 Å². The lowest BCUT2D eigenvalue weighted by atomic mass is 9.86. The van der Waals surface area contributed by atoms with E-state index in [1.807, 2.05) is 31.2 Å². The normalized spacial score (nSPS) is 13.7. The molecule has 0 fully saturated rings. The maximum absolute atomic E-state index is 10.6. The van der Waals surface area contributed by atoms with Crippen molar-refractivity contribution in [1.29, 1.82) is 0 Å². The van der Waals surface area contributed by atoms with Crippen molar-refractivity contribution in [3.63, 3.8) is 0 Å². The Kier molecular flexibility index (Phi) is 5.36. The maximum atomic E-state index is 10.6. The Morgan fingerprint density at radius 3 is 1.84 bits per heavy atom. The van der Waals surface area contributed by atoms with Gasteiger partial charge in [0.2, 0.25) is 0 Å². The summed E-state index contributed by atoms with van der Waals surface area (Å²) in [4.78, 5) is 1.41. The van der Waals surface area contributed by atoms with Crippen LogP contribution >= 0.6 is 0 Å². The van der Waals surface area contributed by atoms with Crippen molar-refractivity contribution in [2.75, 3.05) is 0 Å². The van der Waals surface area contributed by atoms with Gasteiger partial charge in [0.25, 0.3) is 0 Å². The minimum absolute atomic E-state index is 0.0345. The van der Waals surface area contributed by atoms with E-state index in [2.05, 4.69) is 41.5 Å². The standard InChI is InChI=1S/C21H28O2S2/c1-13-10-15(21(5,6)7)12-18(19(13)23)25(24)17-11-14(20(2,3)4)8-9-16(17)22/h8-12,22-23H,1-7H3. The molecule has 2 N–H and O–H groups in total. The van der Waals surface area contributed by atoms with Crippen LogP contribution in [-0.4, -0.2) is 10.2 Å². The number of hydrogen-bond donors (Lipinski definition) is 2. The number of aryl methyl sites for hydroxylation is 1. The second-order valence-electron chi connectivity index (χ2n) is 8.59. The summed E-state index contributed by atoms with van der Waals surface area (Å²) in [6.45, 7) is 14.7. The van der Waals surface area contributed by atoms with Gasteiger partial charge in [-0.05, 0) is 63.8 Å². The van der Waals surface area contributed by atoms with Crippen molar-refractivity contribution in [2.24, 2.45) is 0 Å². The molecule has 0 spiro atoms. The Labute approximate surface area is 158 Å². The fraction of sp³-hybridized carbons (Fsp3) is 0.429. The van der Waals surface area contributed by atoms with Gasteiger partial charge in [-0.25, -0.2) is 0 Å². The van der Waals surface area contributed by atoms with Crippen LogP contribution in [0.1, 0.15) is 58.2 Å². The molecule has 0 aliphatic rings. The fourth-order valence-corrected chi connectivity index (χ4v) is 4.65. The molecule has 0 saturated carbocycles. The molecular formula is C21H28O2S2. The van der Waals surface area contributed by atoms with Crippen molar-refractivity contribution in [3.8, 4) is 11.5 Å². The molecule has 1 atom stereocenters. The van der Waals surface area contributed by atoms with Gasteiger partial charge >= 0.3 is 0 Å². The van der Waals surface area contributed by atoms with E-state index in [9.17, 15) is 10.2 Å². The first-order chi connectivity index (χ1) is 11.3. The number of benzene rings is 2. The monoisotopic (exact) mass is 376 g/mol. The van der Waals surface area contributed by atoms with Gasteiger partial charge in [0.1, 0.15) is 11.5 Å². The quantitative estimate of drug-likeness (QED) is 0.727. The Bertz CT molecular complexity index is 825. The summed E-state index contributed by atoms with van der Waals surface area (Å²) in [6.07, 6.45) is 0. The first-order valence-corrected chi connectivity index (χ1v) is 10.6. The molecular weight excluding hydrogens is 348 g/mol. The molecule has 25 heavy (non-hydrogen) atoms. The van der Waals surface area contributed by atoms with Gasteiger partial charge in [-0.2, -0.15) is 0 Å². The molecule has 136 valence electrons. The summed E-state index contributed by atoms with van der Waals surface area (Å²) >= 11 is 5.78. The summed E-state index contributed by atoms with van der Waals surface area (Å²) in [5.41, 5.74) is 2.99. The van der Waals surface area contributed by atoms with E-state index >= 15 is 0 Å². The van der Waals surface area contributed by atoms with E-state index in [1.165, 1.54) is 0 Å². The second kappa shape index (κ2) is 6.73. The van der Waals surface area contributed by atoms with Crippen LogP contribution < -0.4 is 0 Å². The van der Waals surface area contributed by atoms with Gasteiger partial charge in [0, 0.05) is 0 Å². The van der Waals surface area contributed by atoms with Crippen LogP contribution in [0.15, 0.2) is 40.1 Å². The van der Waals surface area contributed by atoms with Gasteiger partial charge in [0.05, 0.1) is 9.79 Å². The highest BCUT2D eigenvalue weighted by atomic mass is 32.8. The van der Waals surface area contributed by atoms with Crippen LogP contribution in [0.25, 0.3) is 0 Å². The molecule has 2 rings (SSSR count). The minimum Gasteiger partial charge on any atom is -0.507 e. The van der Waals surface area contributed by atoms with Crippen LogP contribution in [0.2, 0.25) is 0 Å². The predicted molar refractivity (Wildman–Crippen MR) is 110 cm³/mol. The molecule has 0 bridgehead atoms.